The van der Waals surface area contributed by atoms with Crippen molar-refractivity contribution in [1.29, 1.82) is 0 Å². The Labute approximate surface area is 145 Å². The number of nitrogens with zero attached hydrogens (tertiary/aromatic N) is 1. The molecular formula is C16H18BrNO4S. The molecule has 5 nitrogen and oxygen atoms in total. The summed E-state index contributed by atoms with van der Waals surface area (Å²) in [6, 6.07) is 10.0. The molecule has 0 aromatic heterocycles. The molecule has 0 aliphatic carbocycles. The van der Waals surface area contributed by atoms with E-state index in [-0.39, 0.29) is 10.6 Å². The average Bonchev–Trinajstić information content (AvgIpc) is 2.55. The van der Waals surface area contributed by atoms with E-state index in [1.807, 2.05) is 13.0 Å². The summed E-state index contributed by atoms with van der Waals surface area (Å²) in [5.74, 6) is 0.719. The fraction of sp³-hybridized carbons (Fsp3) is 0.250. The molecule has 0 aliphatic heterocycles. The van der Waals surface area contributed by atoms with E-state index in [2.05, 4.69) is 15.9 Å². The van der Waals surface area contributed by atoms with E-state index < -0.39 is 10.0 Å². The predicted octanol–water partition coefficient (Wildman–Crippen LogP) is 3.60. The highest BCUT2D eigenvalue weighted by molar-refractivity contribution is 9.10. The molecule has 2 aromatic rings. The third-order valence-electron chi connectivity index (χ3n) is 3.51. The minimum Gasteiger partial charge on any atom is -0.497 e. The van der Waals surface area contributed by atoms with Gasteiger partial charge in [-0.1, -0.05) is 15.9 Å². The monoisotopic (exact) mass is 399 g/mol. The standard InChI is InChI=1S/C16H18BrNO4S/c1-11-9-12(5-7-14(11)17)18(2)23(19,20)16-10-13(21-3)6-8-15(16)22-4/h5-10H,1-4H3. The van der Waals surface area contributed by atoms with E-state index in [0.29, 0.717) is 11.4 Å². The molecule has 0 bridgehead atoms. The summed E-state index contributed by atoms with van der Waals surface area (Å²) >= 11 is 3.41. The zero-order chi connectivity index (χ0) is 17.2. The molecule has 23 heavy (non-hydrogen) atoms. The van der Waals surface area contributed by atoms with Crippen molar-refractivity contribution in [2.75, 3.05) is 25.6 Å². The summed E-state index contributed by atoms with van der Waals surface area (Å²) in [5.41, 5.74) is 1.51. The van der Waals surface area contributed by atoms with E-state index in [0.717, 1.165) is 10.0 Å². The summed E-state index contributed by atoms with van der Waals surface area (Å²) in [6.07, 6.45) is 0. The molecule has 0 fully saturated rings. The zero-order valence-electron chi connectivity index (χ0n) is 13.3. The summed E-state index contributed by atoms with van der Waals surface area (Å²) in [5, 5.41) is 0. The Balaban J connectivity index is 2.54. The first-order chi connectivity index (χ1) is 10.8. The number of hydrogen-bond acceptors (Lipinski definition) is 4. The molecule has 0 radical (unpaired) electrons. The molecule has 7 heteroatoms. The van der Waals surface area contributed by atoms with Crippen LogP contribution >= 0.6 is 15.9 Å². The Bertz CT molecular complexity index is 821. The van der Waals surface area contributed by atoms with Gasteiger partial charge in [0.1, 0.15) is 16.4 Å². The number of aryl methyl sites for hydroxylation is 1. The fourth-order valence-electron chi connectivity index (χ4n) is 2.10. The van der Waals surface area contributed by atoms with Gasteiger partial charge in [-0.05, 0) is 42.8 Å². The molecular weight excluding hydrogens is 382 g/mol. The highest BCUT2D eigenvalue weighted by Gasteiger charge is 2.26. The van der Waals surface area contributed by atoms with Crippen molar-refractivity contribution in [2.24, 2.45) is 0 Å². The number of halogens is 1. The molecule has 0 saturated heterocycles. The van der Waals surface area contributed by atoms with Gasteiger partial charge in [0, 0.05) is 17.6 Å². The van der Waals surface area contributed by atoms with Crippen molar-refractivity contribution in [1.82, 2.24) is 0 Å². The van der Waals surface area contributed by atoms with Crippen molar-refractivity contribution in [2.45, 2.75) is 11.8 Å². The maximum atomic E-state index is 13.0. The van der Waals surface area contributed by atoms with Crippen LogP contribution in [-0.2, 0) is 10.0 Å². The van der Waals surface area contributed by atoms with E-state index >= 15 is 0 Å². The lowest BCUT2D eigenvalue weighted by atomic mass is 10.2. The minimum absolute atomic E-state index is 0.0578. The zero-order valence-corrected chi connectivity index (χ0v) is 15.7. The molecule has 0 spiro atoms. The van der Waals surface area contributed by atoms with Crippen LogP contribution < -0.4 is 13.8 Å². The predicted molar refractivity (Wildman–Crippen MR) is 94.0 cm³/mol. The number of benzene rings is 2. The largest absolute Gasteiger partial charge is 0.497 e. The minimum atomic E-state index is -3.78. The van der Waals surface area contributed by atoms with Crippen molar-refractivity contribution < 1.29 is 17.9 Å². The molecule has 0 unspecified atom stereocenters. The van der Waals surface area contributed by atoms with Crippen molar-refractivity contribution in [3.05, 3.63) is 46.4 Å². The van der Waals surface area contributed by atoms with Crippen LogP contribution in [0.25, 0.3) is 0 Å². The van der Waals surface area contributed by atoms with E-state index in [4.69, 9.17) is 9.47 Å². The quantitative estimate of drug-likeness (QED) is 0.770. The van der Waals surface area contributed by atoms with Gasteiger partial charge < -0.3 is 9.47 Å². The molecule has 0 aliphatic rings. The van der Waals surface area contributed by atoms with Gasteiger partial charge in [-0.25, -0.2) is 8.42 Å². The summed E-state index contributed by atoms with van der Waals surface area (Å²) in [7, 11) is 0.648. The molecule has 0 amide bonds. The van der Waals surface area contributed by atoms with Crippen LogP contribution in [0.3, 0.4) is 0 Å². The van der Waals surface area contributed by atoms with Crippen LogP contribution in [0.2, 0.25) is 0 Å². The molecule has 2 aromatic carbocycles. The van der Waals surface area contributed by atoms with Gasteiger partial charge >= 0.3 is 0 Å². The van der Waals surface area contributed by atoms with Crippen LogP contribution in [-0.4, -0.2) is 29.7 Å². The lowest BCUT2D eigenvalue weighted by Crippen LogP contribution is -2.27. The van der Waals surface area contributed by atoms with Crippen LogP contribution in [0.4, 0.5) is 5.69 Å². The number of sulfonamides is 1. The molecule has 0 heterocycles. The molecule has 0 saturated carbocycles. The maximum absolute atomic E-state index is 13.0. The summed E-state index contributed by atoms with van der Waals surface area (Å²) in [6.45, 7) is 1.90. The van der Waals surface area contributed by atoms with E-state index in [1.54, 1.807) is 24.3 Å². The second-order valence-electron chi connectivity index (χ2n) is 4.92. The van der Waals surface area contributed by atoms with Gasteiger partial charge in [-0.3, -0.25) is 4.31 Å². The van der Waals surface area contributed by atoms with Gasteiger partial charge in [0.2, 0.25) is 0 Å². The Hall–Kier alpha value is -1.73. The highest BCUT2D eigenvalue weighted by Crippen LogP contribution is 2.33. The topological polar surface area (TPSA) is 55.8 Å². The third kappa shape index (κ3) is 3.45. The molecule has 124 valence electrons. The lowest BCUT2D eigenvalue weighted by molar-refractivity contribution is 0.392. The number of methoxy groups -OCH3 is 2. The SMILES string of the molecule is COc1ccc(OC)c(S(=O)(=O)N(C)c2ccc(Br)c(C)c2)c1. The smallest absolute Gasteiger partial charge is 0.267 e. The van der Waals surface area contributed by atoms with Crippen molar-refractivity contribution in [3.63, 3.8) is 0 Å². The van der Waals surface area contributed by atoms with Crippen LogP contribution in [0.5, 0.6) is 11.5 Å². The number of hydrogen-bond donors (Lipinski definition) is 0. The number of rotatable bonds is 5. The fourth-order valence-corrected chi connectivity index (χ4v) is 3.70. The second-order valence-corrected chi connectivity index (χ2v) is 7.71. The Morgan fingerprint density at radius 1 is 1.04 bits per heavy atom. The highest BCUT2D eigenvalue weighted by atomic mass is 79.9. The van der Waals surface area contributed by atoms with Gasteiger partial charge in [0.25, 0.3) is 10.0 Å². The van der Waals surface area contributed by atoms with Gasteiger partial charge in [-0.2, -0.15) is 0 Å². The Morgan fingerprint density at radius 3 is 2.30 bits per heavy atom. The van der Waals surface area contributed by atoms with Crippen molar-refractivity contribution >= 4 is 31.6 Å². The normalized spacial score (nSPS) is 11.2. The van der Waals surface area contributed by atoms with Crippen LogP contribution in [0.15, 0.2) is 45.8 Å². The molecule has 0 N–H and O–H groups in total. The van der Waals surface area contributed by atoms with E-state index in [1.165, 1.54) is 31.6 Å². The summed E-state index contributed by atoms with van der Waals surface area (Å²) < 4.78 is 38.4. The maximum Gasteiger partial charge on any atom is 0.267 e. The first-order valence-electron chi connectivity index (χ1n) is 6.78. The first-order valence-corrected chi connectivity index (χ1v) is 9.01. The van der Waals surface area contributed by atoms with Gasteiger partial charge in [0.15, 0.2) is 0 Å². The van der Waals surface area contributed by atoms with Gasteiger partial charge in [0.05, 0.1) is 19.9 Å². The van der Waals surface area contributed by atoms with E-state index in [9.17, 15) is 8.42 Å². The Kier molecular flexibility index (Phi) is 5.21. The summed E-state index contributed by atoms with van der Waals surface area (Å²) in [4.78, 5) is 0.0578. The van der Waals surface area contributed by atoms with Crippen molar-refractivity contribution in [3.8, 4) is 11.5 Å². The van der Waals surface area contributed by atoms with Gasteiger partial charge in [-0.15, -0.1) is 0 Å². The average molecular weight is 400 g/mol. The lowest BCUT2D eigenvalue weighted by Gasteiger charge is -2.22. The Morgan fingerprint density at radius 2 is 1.74 bits per heavy atom. The second kappa shape index (κ2) is 6.80. The van der Waals surface area contributed by atoms with Crippen LogP contribution in [0, 0.1) is 6.92 Å². The number of ether oxygens (including phenoxy) is 2. The van der Waals surface area contributed by atoms with Crippen LogP contribution in [0.1, 0.15) is 5.56 Å². The molecule has 0 atom stereocenters. The molecule has 2 rings (SSSR count). The number of anilines is 1. The first kappa shape index (κ1) is 17.6. The third-order valence-corrected chi connectivity index (χ3v) is 6.21.